The summed E-state index contributed by atoms with van der Waals surface area (Å²) in [7, 11) is 0. The Morgan fingerprint density at radius 3 is 2.59 bits per heavy atom. The monoisotopic (exact) mass is 239 g/mol. The first-order chi connectivity index (χ1) is 7.95. The zero-order valence-electron chi connectivity index (χ0n) is 11.0. The highest BCUT2D eigenvalue weighted by Gasteiger charge is 2.24. The number of nitrogens with one attached hydrogen (secondary N) is 1. The third-order valence-electron chi connectivity index (χ3n) is 2.46. The number of aromatic nitrogens is 2. The quantitative estimate of drug-likeness (QED) is 0.802. The number of nitrogens with zero attached hydrogens (tertiary/aromatic N) is 2. The highest BCUT2D eigenvalue weighted by atomic mass is 16.6. The lowest BCUT2D eigenvalue weighted by atomic mass is 9.92. The molecule has 0 saturated heterocycles. The molecule has 1 aromatic rings. The average Bonchev–Trinajstić information content (AvgIpc) is 2.65. The Bertz CT molecular complexity index is 366. The van der Waals surface area contributed by atoms with E-state index in [1.54, 1.807) is 0 Å². The molecule has 1 N–H and O–H groups in total. The molecule has 1 heterocycles. The van der Waals surface area contributed by atoms with Gasteiger partial charge in [0.1, 0.15) is 5.69 Å². The van der Waals surface area contributed by atoms with E-state index in [1.165, 1.54) is 0 Å². The van der Waals surface area contributed by atoms with Crippen LogP contribution in [0.25, 0.3) is 0 Å². The van der Waals surface area contributed by atoms with Crippen molar-refractivity contribution in [2.24, 2.45) is 0 Å². The number of unbranched alkanes of at least 4 members (excludes halogenated alkanes) is 2. The van der Waals surface area contributed by atoms with E-state index in [4.69, 9.17) is 0 Å². The van der Waals surface area contributed by atoms with Crippen molar-refractivity contribution in [3.63, 3.8) is 0 Å². The summed E-state index contributed by atoms with van der Waals surface area (Å²) in [5, 5.41) is 10.3. The number of amides is 1. The maximum atomic E-state index is 11.6. The molecule has 0 aromatic carbocycles. The lowest BCUT2D eigenvalue weighted by molar-refractivity contribution is -0.116. The third kappa shape index (κ3) is 4.17. The molecular weight excluding hydrogens is 218 g/mol. The van der Waals surface area contributed by atoms with Crippen LogP contribution in [0.2, 0.25) is 0 Å². The molecule has 5 heteroatoms. The van der Waals surface area contributed by atoms with E-state index >= 15 is 0 Å². The highest BCUT2D eigenvalue weighted by molar-refractivity contribution is 5.90. The molecule has 17 heavy (non-hydrogen) atoms. The van der Waals surface area contributed by atoms with Gasteiger partial charge in [-0.25, -0.2) is 4.63 Å². The summed E-state index contributed by atoms with van der Waals surface area (Å²) in [6, 6.07) is 0. The van der Waals surface area contributed by atoms with Gasteiger partial charge in [0.05, 0.1) is 0 Å². The van der Waals surface area contributed by atoms with Gasteiger partial charge in [-0.05, 0) is 11.6 Å². The smallest absolute Gasteiger partial charge is 0.225 e. The number of carbonyl (C=O) groups excluding carboxylic acids is 1. The average molecular weight is 239 g/mol. The van der Waals surface area contributed by atoms with Crippen LogP contribution in [0.1, 0.15) is 59.1 Å². The second-order valence-corrected chi connectivity index (χ2v) is 5.22. The molecule has 0 atom stereocenters. The van der Waals surface area contributed by atoms with Crippen LogP contribution in [0.3, 0.4) is 0 Å². The lowest BCUT2D eigenvalue weighted by Crippen LogP contribution is -2.18. The van der Waals surface area contributed by atoms with E-state index in [0.29, 0.717) is 17.9 Å². The normalized spacial score (nSPS) is 11.5. The maximum Gasteiger partial charge on any atom is 0.225 e. The Morgan fingerprint density at radius 1 is 1.29 bits per heavy atom. The molecule has 1 amide bonds. The maximum absolute atomic E-state index is 11.6. The van der Waals surface area contributed by atoms with Crippen molar-refractivity contribution in [3.8, 4) is 0 Å². The van der Waals surface area contributed by atoms with Gasteiger partial charge >= 0.3 is 0 Å². The van der Waals surface area contributed by atoms with Crippen molar-refractivity contribution in [3.05, 3.63) is 5.69 Å². The van der Waals surface area contributed by atoms with Gasteiger partial charge < -0.3 is 5.32 Å². The van der Waals surface area contributed by atoms with E-state index in [0.717, 1.165) is 19.3 Å². The summed E-state index contributed by atoms with van der Waals surface area (Å²) in [6.07, 6.45) is 3.59. The van der Waals surface area contributed by atoms with E-state index in [9.17, 15) is 4.79 Å². The Morgan fingerprint density at radius 2 is 2.00 bits per heavy atom. The van der Waals surface area contributed by atoms with Crippen LogP contribution < -0.4 is 5.32 Å². The zero-order chi connectivity index (χ0) is 12.9. The fourth-order valence-electron chi connectivity index (χ4n) is 1.49. The molecule has 0 unspecified atom stereocenters. The molecule has 96 valence electrons. The number of anilines is 1. The van der Waals surface area contributed by atoms with Crippen molar-refractivity contribution >= 4 is 11.7 Å². The zero-order valence-corrected chi connectivity index (χ0v) is 11.0. The highest BCUT2D eigenvalue weighted by Crippen LogP contribution is 2.26. The van der Waals surface area contributed by atoms with Gasteiger partial charge in [0.25, 0.3) is 0 Å². The van der Waals surface area contributed by atoms with Crippen LogP contribution in [0.5, 0.6) is 0 Å². The predicted octanol–water partition coefficient (Wildman–Crippen LogP) is 2.89. The van der Waals surface area contributed by atoms with E-state index in [-0.39, 0.29) is 11.3 Å². The Labute approximate surface area is 102 Å². The fourth-order valence-corrected chi connectivity index (χ4v) is 1.49. The number of hydrogen-bond acceptors (Lipinski definition) is 4. The van der Waals surface area contributed by atoms with Crippen molar-refractivity contribution in [2.75, 3.05) is 5.32 Å². The molecule has 0 spiro atoms. The van der Waals surface area contributed by atoms with Gasteiger partial charge in [0, 0.05) is 11.8 Å². The van der Waals surface area contributed by atoms with Crippen molar-refractivity contribution in [1.29, 1.82) is 0 Å². The second kappa shape index (κ2) is 5.80. The molecule has 5 nitrogen and oxygen atoms in total. The van der Waals surface area contributed by atoms with E-state index < -0.39 is 0 Å². The Balaban J connectivity index is 2.57. The van der Waals surface area contributed by atoms with Gasteiger partial charge in [-0.3, -0.25) is 4.79 Å². The molecule has 0 radical (unpaired) electrons. The third-order valence-corrected chi connectivity index (χ3v) is 2.46. The summed E-state index contributed by atoms with van der Waals surface area (Å²) in [6.45, 7) is 8.11. The van der Waals surface area contributed by atoms with Gasteiger partial charge in [-0.2, -0.15) is 0 Å². The minimum atomic E-state index is -0.188. The molecule has 0 aliphatic heterocycles. The van der Waals surface area contributed by atoms with E-state index in [2.05, 4.69) is 27.2 Å². The van der Waals surface area contributed by atoms with Crippen LogP contribution in [-0.4, -0.2) is 16.2 Å². The van der Waals surface area contributed by atoms with Gasteiger partial charge in [0.15, 0.2) is 0 Å². The summed E-state index contributed by atoms with van der Waals surface area (Å²) in [5.41, 5.74) is 0.493. The SMILES string of the molecule is CCCCCC(=O)Nc1nonc1C(C)(C)C. The van der Waals surface area contributed by atoms with Crippen molar-refractivity contribution in [2.45, 2.75) is 58.8 Å². The summed E-state index contributed by atoms with van der Waals surface area (Å²) in [4.78, 5) is 11.6. The van der Waals surface area contributed by atoms with E-state index in [1.807, 2.05) is 20.8 Å². The fraction of sp³-hybridized carbons (Fsp3) is 0.750. The van der Waals surface area contributed by atoms with Gasteiger partial charge in [-0.1, -0.05) is 45.7 Å². The standard InChI is InChI=1S/C12H21N3O2/c1-5-6-7-8-9(16)13-11-10(12(2,3)4)14-17-15-11/h5-8H2,1-4H3,(H,13,15,16). The van der Waals surface area contributed by atoms with Crippen LogP contribution >= 0.6 is 0 Å². The number of hydrogen-bond donors (Lipinski definition) is 1. The molecule has 1 rings (SSSR count). The Hall–Kier alpha value is -1.39. The minimum absolute atomic E-state index is 0.0281. The van der Waals surface area contributed by atoms with Crippen LogP contribution in [-0.2, 0) is 10.2 Å². The van der Waals surface area contributed by atoms with Crippen LogP contribution in [0, 0.1) is 0 Å². The molecular formula is C12H21N3O2. The molecule has 0 bridgehead atoms. The summed E-state index contributed by atoms with van der Waals surface area (Å²) < 4.78 is 4.68. The summed E-state index contributed by atoms with van der Waals surface area (Å²) >= 11 is 0. The molecule has 0 fully saturated rings. The predicted molar refractivity (Wildman–Crippen MR) is 65.8 cm³/mol. The lowest BCUT2D eigenvalue weighted by Gasteiger charge is -2.15. The summed E-state index contributed by atoms with van der Waals surface area (Å²) in [5.74, 6) is 0.415. The van der Waals surface area contributed by atoms with Crippen LogP contribution in [0.15, 0.2) is 4.63 Å². The molecule has 0 aliphatic rings. The second-order valence-electron chi connectivity index (χ2n) is 5.22. The van der Waals surface area contributed by atoms with Crippen molar-refractivity contribution in [1.82, 2.24) is 10.3 Å². The van der Waals surface area contributed by atoms with Gasteiger partial charge in [0.2, 0.25) is 11.7 Å². The first-order valence-corrected chi connectivity index (χ1v) is 6.08. The minimum Gasteiger partial charge on any atom is -0.306 e. The Kier molecular flexibility index (Phi) is 4.66. The molecule has 0 aliphatic carbocycles. The number of carbonyl (C=O) groups is 1. The molecule has 0 saturated carbocycles. The largest absolute Gasteiger partial charge is 0.306 e. The first kappa shape index (κ1) is 13.7. The first-order valence-electron chi connectivity index (χ1n) is 6.08. The molecule has 1 aromatic heterocycles. The van der Waals surface area contributed by atoms with Gasteiger partial charge in [-0.15, -0.1) is 0 Å². The van der Waals surface area contributed by atoms with Crippen molar-refractivity contribution < 1.29 is 9.42 Å². The number of rotatable bonds is 5. The topological polar surface area (TPSA) is 68.0 Å². The van der Waals surface area contributed by atoms with Crippen LogP contribution in [0.4, 0.5) is 5.82 Å².